The first-order valence-corrected chi connectivity index (χ1v) is 6.71. The Kier molecular flexibility index (Phi) is 4.42. The molecule has 0 fully saturated rings. The van der Waals surface area contributed by atoms with Crippen LogP contribution in [0.15, 0.2) is 22.3 Å². The molecule has 1 aliphatic rings. The van der Waals surface area contributed by atoms with Crippen molar-refractivity contribution in [3.05, 3.63) is 23.6 Å². The first-order chi connectivity index (χ1) is 8.65. The maximum absolute atomic E-state index is 5.56. The molecule has 1 aromatic heterocycles. The van der Waals surface area contributed by atoms with Gasteiger partial charge in [0.05, 0.1) is 5.69 Å². The molecule has 0 bridgehead atoms. The standard InChI is InChI=1S/C14H23N3O/c1-11(2)7-15-8-13-10-18-14(16-13)17-6-4-5-12(3)9-17/h5,10-11,15H,4,6-9H2,1-3H3. The van der Waals surface area contributed by atoms with E-state index in [2.05, 4.69) is 42.0 Å². The summed E-state index contributed by atoms with van der Waals surface area (Å²) in [6.45, 7) is 10.3. The lowest BCUT2D eigenvalue weighted by Crippen LogP contribution is -2.29. The fourth-order valence-electron chi connectivity index (χ4n) is 2.09. The van der Waals surface area contributed by atoms with E-state index in [0.717, 1.165) is 44.3 Å². The number of aromatic nitrogens is 1. The van der Waals surface area contributed by atoms with Crippen molar-refractivity contribution in [2.24, 2.45) is 5.92 Å². The number of anilines is 1. The van der Waals surface area contributed by atoms with Crippen LogP contribution in [-0.4, -0.2) is 24.6 Å². The summed E-state index contributed by atoms with van der Waals surface area (Å²) in [4.78, 5) is 6.73. The van der Waals surface area contributed by atoms with Gasteiger partial charge < -0.3 is 14.6 Å². The zero-order chi connectivity index (χ0) is 13.0. The van der Waals surface area contributed by atoms with Gasteiger partial charge in [-0.15, -0.1) is 0 Å². The molecule has 100 valence electrons. The SMILES string of the molecule is CC1=CCCN(c2nc(CNCC(C)C)co2)C1. The van der Waals surface area contributed by atoms with Gasteiger partial charge in [-0.3, -0.25) is 0 Å². The van der Waals surface area contributed by atoms with Gasteiger partial charge in [0.25, 0.3) is 6.01 Å². The summed E-state index contributed by atoms with van der Waals surface area (Å²) in [5.41, 5.74) is 2.37. The second-order valence-corrected chi connectivity index (χ2v) is 5.41. The zero-order valence-electron chi connectivity index (χ0n) is 11.6. The quantitative estimate of drug-likeness (QED) is 0.814. The van der Waals surface area contributed by atoms with Crippen LogP contribution in [0.25, 0.3) is 0 Å². The van der Waals surface area contributed by atoms with E-state index in [4.69, 9.17) is 4.42 Å². The van der Waals surface area contributed by atoms with Crippen LogP contribution in [0, 0.1) is 5.92 Å². The predicted octanol–water partition coefficient (Wildman–Crippen LogP) is 2.58. The number of nitrogens with one attached hydrogen (secondary N) is 1. The van der Waals surface area contributed by atoms with Crippen LogP contribution in [0.5, 0.6) is 0 Å². The Morgan fingerprint density at radius 1 is 1.50 bits per heavy atom. The third kappa shape index (κ3) is 3.60. The van der Waals surface area contributed by atoms with Crippen molar-refractivity contribution in [2.45, 2.75) is 33.7 Å². The molecular weight excluding hydrogens is 226 g/mol. The molecule has 0 spiro atoms. The highest BCUT2D eigenvalue weighted by Gasteiger charge is 2.15. The van der Waals surface area contributed by atoms with Crippen LogP contribution >= 0.6 is 0 Å². The fraction of sp³-hybridized carbons (Fsp3) is 0.643. The minimum absolute atomic E-state index is 0.659. The maximum Gasteiger partial charge on any atom is 0.297 e. The molecule has 1 aromatic rings. The molecule has 4 nitrogen and oxygen atoms in total. The van der Waals surface area contributed by atoms with Gasteiger partial charge in [-0.1, -0.05) is 25.5 Å². The van der Waals surface area contributed by atoms with Crippen molar-refractivity contribution in [3.63, 3.8) is 0 Å². The molecule has 0 radical (unpaired) electrons. The molecule has 0 unspecified atom stereocenters. The molecule has 18 heavy (non-hydrogen) atoms. The van der Waals surface area contributed by atoms with Gasteiger partial charge >= 0.3 is 0 Å². The van der Waals surface area contributed by atoms with Gasteiger partial charge in [0, 0.05) is 19.6 Å². The van der Waals surface area contributed by atoms with Crippen LogP contribution < -0.4 is 10.2 Å². The summed E-state index contributed by atoms with van der Waals surface area (Å²) in [5, 5.41) is 3.37. The number of rotatable bonds is 5. The topological polar surface area (TPSA) is 41.3 Å². The Bertz CT molecular complexity index is 409. The zero-order valence-corrected chi connectivity index (χ0v) is 11.6. The molecule has 0 aliphatic carbocycles. The molecule has 0 saturated heterocycles. The third-order valence-corrected chi connectivity index (χ3v) is 3.00. The van der Waals surface area contributed by atoms with E-state index < -0.39 is 0 Å². The highest BCUT2D eigenvalue weighted by atomic mass is 16.4. The average molecular weight is 249 g/mol. The third-order valence-electron chi connectivity index (χ3n) is 3.00. The number of hydrogen-bond donors (Lipinski definition) is 1. The number of hydrogen-bond acceptors (Lipinski definition) is 4. The van der Waals surface area contributed by atoms with Crippen molar-refractivity contribution in [2.75, 3.05) is 24.5 Å². The Labute approximate surface area is 109 Å². The lowest BCUT2D eigenvalue weighted by molar-refractivity contribution is 0.529. The molecule has 0 amide bonds. The van der Waals surface area contributed by atoms with Crippen LogP contribution in [-0.2, 0) is 6.54 Å². The normalized spacial score (nSPS) is 16.2. The fourth-order valence-corrected chi connectivity index (χ4v) is 2.09. The summed E-state index contributed by atoms with van der Waals surface area (Å²) in [6.07, 6.45) is 5.12. The molecule has 1 N–H and O–H groups in total. The Hall–Kier alpha value is -1.29. The maximum atomic E-state index is 5.56. The minimum atomic E-state index is 0.659. The lowest BCUT2D eigenvalue weighted by Gasteiger charge is -2.24. The van der Waals surface area contributed by atoms with E-state index >= 15 is 0 Å². The van der Waals surface area contributed by atoms with Gasteiger partial charge in [0.1, 0.15) is 6.26 Å². The summed E-state index contributed by atoms with van der Waals surface area (Å²) in [5.74, 6) is 0.659. The predicted molar refractivity (Wildman–Crippen MR) is 73.6 cm³/mol. The van der Waals surface area contributed by atoms with E-state index in [1.54, 1.807) is 6.26 Å². The van der Waals surface area contributed by atoms with Crippen molar-refractivity contribution in [1.29, 1.82) is 0 Å². The van der Waals surface area contributed by atoms with E-state index in [9.17, 15) is 0 Å². The largest absolute Gasteiger partial charge is 0.432 e. The van der Waals surface area contributed by atoms with E-state index in [0.29, 0.717) is 5.92 Å². The smallest absolute Gasteiger partial charge is 0.297 e. The van der Waals surface area contributed by atoms with Crippen LogP contribution in [0.1, 0.15) is 32.9 Å². The molecule has 0 saturated carbocycles. The van der Waals surface area contributed by atoms with E-state index in [1.807, 2.05) is 0 Å². The van der Waals surface area contributed by atoms with Gasteiger partial charge in [-0.25, -0.2) is 0 Å². The second-order valence-electron chi connectivity index (χ2n) is 5.41. The Balaban J connectivity index is 1.88. The molecule has 2 heterocycles. The first kappa shape index (κ1) is 13.1. The van der Waals surface area contributed by atoms with Crippen LogP contribution in [0.4, 0.5) is 6.01 Å². The first-order valence-electron chi connectivity index (χ1n) is 6.71. The summed E-state index contributed by atoms with van der Waals surface area (Å²) < 4.78 is 5.56. The Morgan fingerprint density at radius 3 is 3.06 bits per heavy atom. The van der Waals surface area contributed by atoms with Gasteiger partial charge in [-0.2, -0.15) is 4.98 Å². The van der Waals surface area contributed by atoms with Gasteiger partial charge in [0.15, 0.2) is 0 Å². The molecule has 2 rings (SSSR count). The summed E-state index contributed by atoms with van der Waals surface area (Å²) in [7, 11) is 0. The Morgan fingerprint density at radius 2 is 2.33 bits per heavy atom. The summed E-state index contributed by atoms with van der Waals surface area (Å²) >= 11 is 0. The van der Waals surface area contributed by atoms with Gasteiger partial charge in [-0.05, 0) is 25.8 Å². The minimum Gasteiger partial charge on any atom is -0.432 e. The van der Waals surface area contributed by atoms with Crippen molar-refractivity contribution < 1.29 is 4.42 Å². The highest BCUT2D eigenvalue weighted by Crippen LogP contribution is 2.18. The number of oxazole rings is 1. The van der Waals surface area contributed by atoms with Gasteiger partial charge in [0.2, 0.25) is 0 Å². The van der Waals surface area contributed by atoms with Crippen molar-refractivity contribution in [3.8, 4) is 0 Å². The number of nitrogens with zero attached hydrogens (tertiary/aromatic N) is 2. The van der Waals surface area contributed by atoms with Crippen LogP contribution in [0.3, 0.4) is 0 Å². The monoisotopic (exact) mass is 249 g/mol. The van der Waals surface area contributed by atoms with E-state index in [1.165, 1.54) is 5.57 Å². The summed E-state index contributed by atoms with van der Waals surface area (Å²) in [6, 6.07) is 0.754. The highest BCUT2D eigenvalue weighted by molar-refractivity contribution is 5.32. The van der Waals surface area contributed by atoms with E-state index in [-0.39, 0.29) is 0 Å². The average Bonchev–Trinajstić information content (AvgIpc) is 2.77. The van der Waals surface area contributed by atoms with Crippen molar-refractivity contribution in [1.82, 2.24) is 10.3 Å². The van der Waals surface area contributed by atoms with Crippen LogP contribution in [0.2, 0.25) is 0 Å². The molecular formula is C14H23N3O. The molecule has 0 atom stereocenters. The second kappa shape index (κ2) is 6.05. The van der Waals surface area contributed by atoms with Crippen molar-refractivity contribution >= 4 is 6.01 Å². The molecule has 0 aromatic carbocycles. The molecule has 1 aliphatic heterocycles. The lowest BCUT2D eigenvalue weighted by atomic mass is 10.1. The molecule has 4 heteroatoms.